The van der Waals surface area contributed by atoms with Gasteiger partial charge < -0.3 is 14.8 Å². The lowest BCUT2D eigenvalue weighted by atomic mass is 10.2. The molecular formula is C13H16ClNO3. The summed E-state index contributed by atoms with van der Waals surface area (Å²) in [5.74, 6) is -0.232. The predicted octanol–water partition coefficient (Wildman–Crippen LogP) is 1.76. The monoisotopic (exact) mass is 269 g/mol. The molecular weight excluding hydrogens is 254 g/mol. The second-order valence-corrected chi connectivity index (χ2v) is 4.72. The van der Waals surface area contributed by atoms with Crippen molar-refractivity contribution in [1.29, 1.82) is 0 Å². The Bertz CT molecular complexity index is 407. The number of nitrogens with one attached hydrogen (secondary N) is 1. The van der Waals surface area contributed by atoms with Crippen LogP contribution in [0.3, 0.4) is 0 Å². The van der Waals surface area contributed by atoms with Crippen LogP contribution >= 0.6 is 11.6 Å². The minimum atomic E-state index is -0.262. The lowest BCUT2D eigenvalue weighted by Gasteiger charge is -2.10. The number of hydrogen-bond donors (Lipinski definition) is 1. The first kappa shape index (κ1) is 13.3. The maximum Gasteiger partial charge on any atom is 0.323 e. The van der Waals surface area contributed by atoms with E-state index >= 15 is 0 Å². The summed E-state index contributed by atoms with van der Waals surface area (Å²) in [5, 5.41) is 3.75. The van der Waals surface area contributed by atoms with E-state index in [0.717, 1.165) is 5.56 Å². The topological polar surface area (TPSA) is 47.6 Å². The van der Waals surface area contributed by atoms with Crippen molar-refractivity contribution in [3.8, 4) is 0 Å². The van der Waals surface area contributed by atoms with E-state index in [9.17, 15) is 4.79 Å². The van der Waals surface area contributed by atoms with Crippen molar-refractivity contribution in [1.82, 2.24) is 5.32 Å². The van der Waals surface area contributed by atoms with Gasteiger partial charge in [0.1, 0.15) is 12.6 Å². The molecule has 5 heteroatoms. The number of ether oxygens (including phenoxy) is 2. The SMILES string of the molecule is COC1CNC(C(=O)OCc2ccc(Cl)cc2)C1. The van der Waals surface area contributed by atoms with Crippen molar-refractivity contribution in [3.05, 3.63) is 34.9 Å². The number of hydrogen-bond acceptors (Lipinski definition) is 4. The van der Waals surface area contributed by atoms with Gasteiger partial charge in [-0.3, -0.25) is 4.79 Å². The second kappa shape index (κ2) is 6.18. The normalized spacial score (nSPS) is 23.0. The van der Waals surface area contributed by atoms with Gasteiger partial charge in [-0.1, -0.05) is 23.7 Å². The van der Waals surface area contributed by atoms with Crippen LogP contribution in [0.5, 0.6) is 0 Å². The summed E-state index contributed by atoms with van der Waals surface area (Å²) in [7, 11) is 1.65. The first-order valence-corrected chi connectivity index (χ1v) is 6.24. The van der Waals surface area contributed by atoms with E-state index in [1.165, 1.54) is 0 Å². The minimum absolute atomic E-state index is 0.0954. The maximum atomic E-state index is 11.8. The molecule has 0 aromatic heterocycles. The molecule has 1 aliphatic rings. The van der Waals surface area contributed by atoms with Crippen LogP contribution in [-0.2, 0) is 20.9 Å². The second-order valence-electron chi connectivity index (χ2n) is 4.29. The van der Waals surface area contributed by atoms with Gasteiger partial charge in [0.15, 0.2) is 0 Å². The van der Waals surface area contributed by atoms with E-state index in [-0.39, 0.29) is 24.7 Å². The number of halogens is 1. The van der Waals surface area contributed by atoms with E-state index in [2.05, 4.69) is 5.32 Å². The molecule has 1 saturated heterocycles. The van der Waals surface area contributed by atoms with Crippen molar-refractivity contribution in [2.24, 2.45) is 0 Å². The summed E-state index contributed by atoms with van der Waals surface area (Å²) in [5.41, 5.74) is 0.925. The zero-order valence-corrected chi connectivity index (χ0v) is 10.9. The van der Waals surface area contributed by atoms with Crippen LogP contribution in [0.1, 0.15) is 12.0 Å². The minimum Gasteiger partial charge on any atom is -0.460 e. The molecule has 0 saturated carbocycles. The van der Waals surface area contributed by atoms with Gasteiger partial charge in [-0.05, 0) is 17.7 Å². The predicted molar refractivity (Wildman–Crippen MR) is 68.5 cm³/mol. The molecule has 1 aliphatic heterocycles. The van der Waals surface area contributed by atoms with E-state index < -0.39 is 0 Å². The van der Waals surface area contributed by atoms with Crippen molar-refractivity contribution < 1.29 is 14.3 Å². The Morgan fingerprint density at radius 2 is 2.17 bits per heavy atom. The lowest BCUT2D eigenvalue weighted by molar-refractivity contribution is -0.147. The summed E-state index contributed by atoms with van der Waals surface area (Å²) < 4.78 is 10.4. The fourth-order valence-corrected chi connectivity index (χ4v) is 2.02. The summed E-state index contributed by atoms with van der Waals surface area (Å²) in [6.07, 6.45) is 0.758. The summed E-state index contributed by atoms with van der Waals surface area (Å²) in [6.45, 7) is 0.961. The van der Waals surface area contributed by atoms with Crippen LogP contribution in [0, 0.1) is 0 Å². The standard InChI is InChI=1S/C13H16ClNO3/c1-17-11-6-12(15-7-11)13(16)18-8-9-2-4-10(14)5-3-9/h2-5,11-12,15H,6-8H2,1H3. The number of esters is 1. The van der Waals surface area contributed by atoms with Crippen molar-refractivity contribution in [2.45, 2.75) is 25.2 Å². The molecule has 2 rings (SSSR count). The summed E-state index contributed by atoms with van der Waals surface area (Å²) in [6, 6.07) is 6.98. The fourth-order valence-electron chi connectivity index (χ4n) is 1.90. The Morgan fingerprint density at radius 1 is 1.44 bits per heavy atom. The third kappa shape index (κ3) is 3.45. The van der Waals surface area contributed by atoms with Gasteiger partial charge in [-0.2, -0.15) is 0 Å². The quantitative estimate of drug-likeness (QED) is 0.846. The molecule has 2 atom stereocenters. The lowest BCUT2D eigenvalue weighted by Crippen LogP contribution is -2.32. The molecule has 98 valence electrons. The highest BCUT2D eigenvalue weighted by Gasteiger charge is 2.30. The average molecular weight is 270 g/mol. The molecule has 0 spiro atoms. The van der Waals surface area contributed by atoms with Crippen molar-refractivity contribution in [3.63, 3.8) is 0 Å². The highest BCUT2D eigenvalue weighted by molar-refractivity contribution is 6.30. The average Bonchev–Trinajstić information content (AvgIpc) is 2.86. The molecule has 0 amide bonds. The molecule has 18 heavy (non-hydrogen) atoms. The number of carbonyl (C=O) groups is 1. The molecule has 1 aromatic rings. The Labute approximate surface area is 111 Å². The van der Waals surface area contributed by atoms with Gasteiger partial charge >= 0.3 is 5.97 Å². The van der Waals surface area contributed by atoms with Crippen LogP contribution < -0.4 is 5.32 Å². The van der Waals surface area contributed by atoms with Gasteiger partial charge in [-0.15, -0.1) is 0 Å². The Morgan fingerprint density at radius 3 is 2.78 bits per heavy atom. The first-order valence-electron chi connectivity index (χ1n) is 5.86. The molecule has 1 aromatic carbocycles. The van der Waals surface area contributed by atoms with Gasteiger partial charge in [0.2, 0.25) is 0 Å². The Balaban J connectivity index is 1.80. The smallest absolute Gasteiger partial charge is 0.323 e. The Hall–Kier alpha value is -1.10. The van der Waals surface area contributed by atoms with Gasteiger partial charge in [0, 0.05) is 25.1 Å². The van der Waals surface area contributed by atoms with Crippen molar-refractivity contribution in [2.75, 3.05) is 13.7 Å². The Kier molecular flexibility index (Phi) is 4.58. The molecule has 0 aliphatic carbocycles. The van der Waals surface area contributed by atoms with E-state index in [4.69, 9.17) is 21.1 Å². The highest BCUT2D eigenvalue weighted by Crippen LogP contribution is 2.13. The van der Waals surface area contributed by atoms with Crippen LogP contribution in [0.4, 0.5) is 0 Å². The van der Waals surface area contributed by atoms with Crippen LogP contribution in [0.2, 0.25) is 5.02 Å². The zero-order chi connectivity index (χ0) is 13.0. The van der Waals surface area contributed by atoms with Gasteiger partial charge in [0.05, 0.1) is 6.10 Å². The van der Waals surface area contributed by atoms with E-state index in [1.54, 1.807) is 19.2 Å². The fraction of sp³-hybridized carbons (Fsp3) is 0.462. The van der Waals surface area contributed by atoms with E-state index in [1.807, 2.05) is 12.1 Å². The summed E-state index contributed by atoms with van der Waals surface area (Å²) in [4.78, 5) is 11.8. The number of methoxy groups -OCH3 is 1. The number of rotatable bonds is 4. The van der Waals surface area contributed by atoms with Gasteiger partial charge in [-0.25, -0.2) is 0 Å². The third-order valence-electron chi connectivity index (χ3n) is 3.00. The first-order chi connectivity index (χ1) is 8.69. The third-order valence-corrected chi connectivity index (χ3v) is 3.25. The molecule has 0 bridgehead atoms. The maximum absolute atomic E-state index is 11.8. The van der Waals surface area contributed by atoms with Crippen LogP contribution in [0.25, 0.3) is 0 Å². The van der Waals surface area contributed by atoms with E-state index in [0.29, 0.717) is 18.0 Å². The molecule has 1 fully saturated rings. The van der Waals surface area contributed by atoms with Crippen molar-refractivity contribution >= 4 is 17.6 Å². The largest absolute Gasteiger partial charge is 0.460 e. The number of benzene rings is 1. The number of carbonyl (C=O) groups excluding carboxylic acids is 1. The molecule has 0 radical (unpaired) electrons. The molecule has 4 nitrogen and oxygen atoms in total. The van der Waals surface area contributed by atoms with Crippen LogP contribution in [-0.4, -0.2) is 31.8 Å². The van der Waals surface area contributed by atoms with Gasteiger partial charge in [0.25, 0.3) is 0 Å². The highest BCUT2D eigenvalue weighted by atomic mass is 35.5. The van der Waals surface area contributed by atoms with Crippen LogP contribution in [0.15, 0.2) is 24.3 Å². The zero-order valence-electron chi connectivity index (χ0n) is 10.2. The summed E-state index contributed by atoms with van der Waals surface area (Å²) >= 11 is 5.78. The molecule has 1 heterocycles. The molecule has 2 unspecified atom stereocenters. The molecule has 1 N–H and O–H groups in total.